The second-order valence-electron chi connectivity index (χ2n) is 6.30. The molecular weight excluding hydrogens is 330 g/mol. The fourth-order valence-electron chi connectivity index (χ4n) is 3.09. The van der Waals surface area contributed by atoms with Gasteiger partial charge in [0.15, 0.2) is 0 Å². The Morgan fingerprint density at radius 2 is 1.88 bits per heavy atom. The number of amides is 1. The molecule has 0 bridgehead atoms. The standard InChI is InChI=1S/C20H21N3O3/c1-15-13-17-5-2-3-6-19(17)22(15)12-4-11-21-20(24)14-16-7-9-18(10-8-16)23(25)26/h2-3,5-10,13H,4,11-12,14H2,1H3,(H,21,24). The van der Waals surface area contributed by atoms with Gasteiger partial charge in [0.05, 0.1) is 11.3 Å². The summed E-state index contributed by atoms with van der Waals surface area (Å²) in [5.41, 5.74) is 3.22. The number of non-ortho nitro benzene ring substituents is 1. The minimum Gasteiger partial charge on any atom is -0.356 e. The highest BCUT2D eigenvalue weighted by atomic mass is 16.6. The quantitative estimate of drug-likeness (QED) is 0.401. The molecule has 0 aliphatic carbocycles. The molecule has 2 aromatic carbocycles. The third-order valence-corrected chi connectivity index (χ3v) is 4.41. The molecule has 1 heterocycles. The molecule has 0 radical (unpaired) electrons. The van der Waals surface area contributed by atoms with E-state index >= 15 is 0 Å². The van der Waals surface area contributed by atoms with Gasteiger partial charge in [0.25, 0.3) is 5.69 Å². The number of aryl methyl sites for hydroxylation is 2. The number of nitro benzene ring substituents is 1. The van der Waals surface area contributed by atoms with E-state index in [1.807, 2.05) is 12.1 Å². The van der Waals surface area contributed by atoms with Crippen LogP contribution in [0, 0.1) is 17.0 Å². The number of para-hydroxylation sites is 1. The Morgan fingerprint density at radius 3 is 2.62 bits per heavy atom. The van der Waals surface area contributed by atoms with Crippen molar-refractivity contribution in [3.8, 4) is 0 Å². The van der Waals surface area contributed by atoms with Gasteiger partial charge in [-0.1, -0.05) is 30.3 Å². The van der Waals surface area contributed by atoms with Gasteiger partial charge in [-0.15, -0.1) is 0 Å². The van der Waals surface area contributed by atoms with Gasteiger partial charge >= 0.3 is 0 Å². The van der Waals surface area contributed by atoms with Crippen LogP contribution < -0.4 is 5.32 Å². The van der Waals surface area contributed by atoms with Crippen LogP contribution in [0.2, 0.25) is 0 Å². The van der Waals surface area contributed by atoms with Crippen LogP contribution in [0.5, 0.6) is 0 Å². The van der Waals surface area contributed by atoms with E-state index in [2.05, 4.69) is 35.0 Å². The molecule has 0 unspecified atom stereocenters. The highest BCUT2D eigenvalue weighted by Crippen LogP contribution is 2.19. The van der Waals surface area contributed by atoms with Crippen LogP contribution in [0.25, 0.3) is 10.9 Å². The topological polar surface area (TPSA) is 77.2 Å². The van der Waals surface area contributed by atoms with E-state index in [1.54, 1.807) is 12.1 Å². The number of hydrogen-bond donors (Lipinski definition) is 1. The molecule has 3 rings (SSSR count). The maximum absolute atomic E-state index is 12.0. The highest BCUT2D eigenvalue weighted by molar-refractivity contribution is 5.81. The highest BCUT2D eigenvalue weighted by Gasteiger charge is 2.08. The number of nitro groups is 1. The van der Waals surface area contributed by atoms with E-state index in [0.717, 1.165) is 18.5 Å². The fraction of sp³-hybridized carbons (Fsp3) is 0.250. The van der Waals surface area contributed by atoms with Gasteiger partial charge in [-0.2, -0.15) is 0 Å². The number of benzene rings is 2. The predicted octanol–water partition coefficient (Wildman–Crippen LogP) is 3.61. The number of fused-ring (bicyclic) bond motifs is 1. The lowest BCUT2D eigenvalue weighted by Crippen LogP contribution is -2.26. The summed E-state index contributed by atoms with van der Waals surface area (Å²) in [5.74, 6) is -0.0760. The van der Waals surface area contributed by atoms with Crippen molar-refractivity contribution in [3.05, 3.63) is 76.0 Å². The molecule has 134 valence electrons. The van der Waals surface area contributed by atoms with Crippen molar-refractivity contribution in [1.29, 1.82) is 0 Å². The number of nitrogens with one attached hydrogen (secondary N) is 1. The van der Waals surface area contributed by atoms with Crippen molar-refractivity contribution in [1.82, 2.24) is 9.88 Å². The molecule has 3 aromatic rings. The number of nitrogens with zero attached hydrogens (tertiary/aromatic N) is 2. The van der Waals surface area contributed by atoms with Gasteiger partial charge < -0.3 is 9.88 Å². The van der Waals surface area contributed by atoms with Crippen molar-refractivity contribution < 1.29 is 9.72 Å². The molecule has 0 saturated heterocycles. The first-order valence-electron chi connectivity index (χ1n) is 8.59. The van der Waals surface area contributed by atoms with Gasteiger partial charge in [-0.3, -0.25) is 14.9 Å². The van der Waals surface area contributed by atoms with Crippen molar-refractivity contribution in [2.75, 3.05) is 6.54 Å². The molecule has 1 aromatic heterocycles. The van der Waals surface area contributed by atoms with E-state index in [0.29, 0.717) is 6.54 Å². The first-order valence-corrected chi connectivity index (χ1v) is 8.59. The molecule has 1 N–H and O–H groups in total. The summed E-state index contributed by atoms with van der Waals surface area (Å²) in [4.78, 5) is 22.2. The summed E-state index contributed by atoms with van der Waals surface area (Å²) in [6, 6.07) is 16.5. The van der Waals surface area contributed by atoms with Crippen LogP contribution in [-0.4, -0.2) is 21.9 Å². The van der Waals surface area contributed by atoms with Crippen LogP contribution in [0.3, 0.4) is 0 Å². The third-order valence-electron chi connectivity index (χ3n) is 4.41. The minimum absolute atomic E-state index is 0.0310. The number of aromatic nitrogens is 1. The zero-order valence-electron chi connectivity index (χ0n) is 14.6. The predicted molar refractivity (Wildman–Crippen MR) is 101 cm³/mol. The van der Waals surface area contributed by atoms with Crippen molar-refractivity contribution in [2.24, 2.45) is 0 Å². The molecule has 6 nitrogen and oxygen atoms in total. The van der Waals surface area contributed by atoms with Crippen LogP contribution in [0.15, 0.2) is 54.6 Å². The molecule has 26 heavy (non-hydrogen) atoms. The first-order chi connectivity index (χ1) is 12.5. The van der Waals surface area contributed by atoms with Crippen molar-refractivity contribution in [2.45, 2.75) is 26.3 Å². The molecular formula is C20H21N3O3. The van der Waals surface area contributed by atoms with Crippen LogP contribution in [-0.2, 0) is 17.8 Å². The van der Waals surface area contributed by atoms with E-state index in [-0.39, 0.29) is 18.0 Å². The van der Waals surface area contributed by atoms with Crippen molar-refractivity contribution >= 4 is 22.5 Å². The lowest BCUT2D eigenvalue weighted by molar-refractivity contribution is -0.384. The van der Waals surface area contributed by atoms with E-state index in [9.17, 15) is 14.9 Å². The minimum atomic E-state index is -0.448. The lowest BCUT2D eigenvalue weighted by Gasteiger charge is -2.09. The molecule has 6 heteroatoms. The smallest absolute Gasteiger partial charge is 0.269 e. The Labute approximate surface area is 151 Å². The van der Waals surface area contributed by atoms with E-state index < -0.39 is 4.92 Å². The van der Waals surface area contributed by atoms with Gasteiger partial charge in [0.2, 0.25) is 5.91 Å². The van der Waals surface area contributed by atoms with Gasteiger partial charge in [-0.05, 0) is 36.4 Å². The number of carbonyl (C=O) groups is 1. The summed E-state index contributed by atoms with van der Waals surface area (Å²) in [7, 11) is 0. The molecule has 0 saturated carbocycles. The summed E-state index contributed by atoms with van der Waals surface area (Å²) < 4.78 is 2.26. The Bertz CT molecular complexity index is 929. The number of carbonyl (C=O) groups excluding carboxylic acids is 1. The van der Waals surface area contributed by atoms with Gasteiger partial charge in [0, 0.05) is 36.4 Å². The summed E-state index contributed by atoms with van der Waals surface area (Å²) >= 11 is 0. The largest absolute Gasteiger partial charge is 0.356 e. The molecule has 0 fully saturated rings. The maximum Gasteiger partial charge on any atom is 0.269 e. The normalized spacial score (nSPS) is 10.8. The van der Waals surface area contributed by atoms with E-state index in [1.165, 1.54) is 28.7 Å². The second kappa shape index (κ2) is 7.82. The Kier molecular flexibility index (Phi) is 5.31. The maximum atomic E-state index is 12.0. The van der Waals surface area contributed by atoms with Crippen LogP contribution >= 0.6 is 0 Å². The molecule has 0 atom stereocenters. The fourth-order valence-corrected chi connectivity index (χ4v) is 3.09. The Hall–Kier alpha value is -3.15. The van der Waals surface area contributed by atoms with Gasteiger partial charge in [0.1, 0.15) is 0 Å². The zero-order chi connectivity index (χ0) is 18.5. The summed E-state index contributed by atoms with van der Waals surface area (Å²) in [6.07, 6.45) is 1.06. The number of hydrogen-bond acceptors (Lipinski definition) is 3. The number of rotatable bonds is 7. The van der Waals surface area contributed by atoms with E-state index in [4.69, 9.17) is 0 Å². The zero-order valence-corrected chi connectivity index (χ0v) is 14.6. The molecule has 0 spiro atoms. The first kappa shape index (κ1) is 17.7. The van der Waals surface area contributed by atoms with Crippen molar-refractivity contribution in [3.63, 3.8) is 0 Å². The molecule has 1 amide bonds. The molecule has 0 aliphatic rings. The van der Waals surface area contributed by atoms with Crippen LogP contribution in [0.4, 0.5) is 5.69 Å². The lowest BCUT2D eigenvalue weighted by atomic mass is 10.1. The SMILES string of the molecule is Cc1cc2ccccc2n1CCCNC(=O)Cc1ccc([N+](=O)[O-])cc1. The average molecular weight is 351 g/mol. The second-order valence-corrected chi connectivity index (χ2v) is 6.30. The Balaban J connectivity index is 1.48. The Morgan fingerprint density at radius 1 is 1.15 bits per heavy atom. The van der Waals surface area contributed by atoms with Crippen LogP contribution in [0.1, 0.15) is 17.7 Å². The molecule has 0 aliphatic heterocycles. The summed E-state index contributed by atoms with van der Waals surface area (Å²) in [6.45, 7) is 3.53. The summed E-state index contributed by atoms with van der Waals surface area (Å²) in [5, 5.41) is 14.8. The monoisotopic (exact) mass is 351 g/mol. The van der Waals surface area contributed by atoms with Gasteiger partial charge in [-0.25, -0.2) is 0 Å². The average Bonchev–Trinajstić information content (AvgIpc) is 2.94. The third kappa shape index (κ3) is 4.08.